The normalized spacial score (nSPS) is 12.8. The second-order valence-corrected chi connectivity index (χ2v) is 4.33. The van der Waals surface area contributed by atoms with Crippen molar-refractivity contribution < 1.29 is 29.9 Å². The van der Waals surface area contributed by atoms with Crippen LogP contribution in [-0.2, 0) is 0 Å². The third-order valence-electron chi connectivity index (χ3n) is 2.79. The van der Waals surface area contributed by atoms with Crippen LogP contribution in [0.5, 0.6) is 17.2 Å². The van der Waals surface area contributed by atoms with E-state index in [0.717, 1.165) is 18.2 Å². The summed E-state index contributed by atoms with van der Waals surface area (Å²) in [5, 5.41) is 46.5. The zero-order valence-corrected chi connectivity index (χ0v) is 10.9. The van der Waals surface area contributed by atoms with Crippen LogP contribution in [-0.4, -0.2) is 25.5 Å². The van der Waals surface area contributed by atoms with E-state index in [2.05, 4.69) is 0 Å². The Morgan fingerprint density at radius 1 is 1.24 bits per heavy atom. The molecule has 0 unspecified atom stereocenters. The molecule has 2 aromatic rings. The number of phenols is 2. The van der Waals surface area contributed by atoms with Gasteiger partial charge in [-0.1, -0.05) is 0 Å². The van der Waals surface area contributed by atoms with Crippen LogP contribution in [0.1, 0.15) is 12.7 Å². The summed E-state index contributed by atoms with van der Waals surface area (Å²) in [6, 6.07) is 2.05. The van der Waals surface area contributed by atoms with Crippen LogP contribution in [0.3, 0.4) is 0 Å². The molecule has 2 rings (SSSR count). The first-order valence-electron chi connectivity index (χ1n) is 5.79. The summed E-state index contributed by atoms with van der Waals surface area (Å²) < 4.78 is 5.28. The summed E-state index contributed by atoms with van der Waals surface area (Å²) in [7, 11) is 0. The summed E-state index contributed by atoms with van der Waals surface area (Å²) in [5.74, 6) is -2.37. The number of rotatable bonds is 2. The second-order valence-electron chi connectivity index (χ2n) is 4.33. The zero-order valence-electron chi connectivity index (χ0n) is 10.9. The van der Waals surface area contributed by atoms with Crippen LogP contribution in [0, 0.1) is 0 Å². The van der Waals surface area contributed by atoms with Crippen molar-refractivity contribution in [3.05, 3.63) is 46.2 Å². The number of phenolic OH excluding ortho intramolecular Hbond substituents is 2. The summed E-state index contributed by atoms with van der Waals surface area (Å²) in [5.41, 5.74) is -0.869. The topological polar surface area (TPSA) is 131 Å². The maximum Gasteiger partial charge on any atom is 0.238 e. The Morgan fingerprint density at radius 2 is 1.90 bits per heavy atom. The number of fused-ring (bicyclic) bond motifs is 1. The fourth-order valence-electron chi connectivity index (χ4n) is 1.87. The van der Waals surface area contributed by atoms with Gasteiger partial charge in [-0.2, -0.15) is 0 Å². The molecule has 1 heterocycles. The Balaban J connectivity index is 2.82. The highest BCUT2D eigenvalue weighted by molar-refractivity contribution is 5.87. The molecule has 1 aromatic heterocycles. The summed E-state index contributed by atoms with van der Waals surface area (Å²) >= 11 is 0. The third-order valence-corrected chi connectivity index (χ3v) is 2.79. The smallest absolute Gasteiger partial charge is 0.238 e. The highest BCUT2D eigenvalue weighted by atomic mass is 16.4. The lowest BCUT2D eigenvalue weighted by Gasteiger charge is -2.07. The second kappa shape index (κ2) is 5.12. The van der Waals surface area contributed by atoms with Gasteiger partial charge in [-0.25, -0.2) is 0 Å². The highest BCUT2D eigenvalue weighted by Gasteiger charge is 2.18. The number of aromatic hydroxyl groups is 3. The minimum Gasteiger partial charge on any atom is -0.512 e. The van der Waals surface area contributed by atoms with E-state index < -0.39 is 22.7 Å². The first-order chi connectivity index (χ1) is 9.85. The molecule has 21 heavy (non-hydrogen) atoms. The number of allylic oxidation sites excluding steroid dienone is 2. The van der Waals surface area contributed by atoms with Crippen molar-refractivity contribution in [2.24, 2.45) is 0 Å². The summed E-state index contributed by atoms with van der Waals surface area (Å²) in [4.78, 5) is 12.0. The van der Waals surface area contributed by atoms with E-state index in [-0.39, 0.29) is 28.1 Å². The maximum absolute atomic E-state index is 12.0. The molecule has 0 fully saturated rings. The van der Waals surface area contributed by atoms with E-state index in [4.69, 9.17) is 9.52 Å². The number of aliphatic hydroxyl groups excluding tert-OH is 2. The van der Waals surface area contributed by atoms with Crippen LogP contribution in [0.4, 0.5) is 0 Å². The average molecular weight is 292 g/mol. The van der Waals surface area contributed by atoms with Gasteiger partial charge >= 0.3 is 0 Å². The summed E-state index contributed by atoms with van der Waals surface area (Å²) in [6.45, 7) is 1.42. The molecule has 0 aliphatic rings. The third kappa shape index (κ3) is 2.48. The Morgan fingerprint density at radius 3 is 2.52 bits per heavy atom. The van der Waals surface area contributed by atoms with E-state index in [1.165, 1.54) is 6.92 Å². The molecule has 0 amide bonds. The lowest BCUT2D eigenvalue weighted by molar-refractivity contribution is 0.377. The van der Waals surface area contributed by atoms with Crippen LogP contribution in [0.25, 0.3) is 16.5 Å². The zero-order chi connectivity index (χ0) is 15.7. The lowest BCUT2D eigenvalue weighted by atomic mass is 10.1. The van der Waals surface area contributed by atoms with Crippen molar-refractivity contribution in [3.63, 3.8) is 0 Å². The van der Waals surface area contributed by atoms with Crippen LogP contribution < -0.4 is 5.43 Å². The van der Waals surface area contributed by atoms with Gasteiger partial charge in [0.15, 0.2) is 5.76 Å². The van der Waals surface area contributed by atoms with Crippen molar-refractivity contribution in [2.75, 3.05) is 0 Å². The number of hydrogen-bond donors (Lipinski definition) is 5. The van der Waals surface area contributed by atoms with Crippen molar-refractivity contribution in [1.29, 1.82) is 0 Å². The first-order valence-corrected chi connectivity index (χ1v) is 5.79. The van der Waals surface area contributed by atoms with Gasteiger partial charge in [0.1, 0.15) is 34.5 Å². The van der Waals surface area contributed by atoms with Gasteiger partial charge in [0.05, 0.1) is 0 Å². The van der Waals surface area contributed by atoms with Crippen molar-refractivity contribution >= 4 is 16.5 Å². The average Bonchev–Trinajstić information content (AvgIpc) is 2.41. The molecule has 0 saturated heterocycles. The molecule has 1 aromatic carbocycles. The van der Waals surface area contributed by atoms with Crippen LogP contribution in [0.2, 0.25) is 0 Å². The van der Waals surface area contributed by atoms with Crippen molar-refractivity contribution in [1.82, 2.24) is 0 Å². The lowest BCUT2D eigenvalue weighted by Crippen LogP contribution is -2.04. The molecule has 0 bridgehead atoms. The van der Waals surface area contributed by atoms with Crippen molar-refractivity contribution in [2.45, 2.75) is 6.92 Å². The van der Waals surface area contributed by atoms with E-state index in [0.29, 0.717) is 6.26 Å². The van der Waals surface area contributed by atoms with Crippen molar-refractivity contribution in [3.8, 4) is 17.2 Å². The molecular weight excluding hydrogens is 280 g/mol. The molecule has 0 radical (unpaired) electrons. The molecule has 0 aliphatic carbocycles. The minimum absolute atomic E-state index is 0.134. The van der Waals surface area contributed by atoms with E-state index >= 15 is 0 Å². The molecule has 0 saturated carbocycles. The largest absolute Gasteiger partial charge is 0.512 e. The van der Waals surface area contributed by atoms with Gasteiger partial charge < -0.3 is 29.9 Å². The molecule has 0 atom stereocenters. The predicted molar refractivity (Wildman–Crippen MR) is 74.5 cm³/mol. The molecule has 5 N–H and O–H groups in total. The Hall–Kier alpha value is -3.09. The van der Waals surface area contributed by atoms with E-state index in [9.17, 15) is 25.2 Å². The molecule has 0 aliphatic heterocycles. The SMILES string of the molecule is C/C(=C\C(O)=C\O)c1oc2cc(O)cc(O)c2c(=O)c1O. The standard InChI is InChI=1S/C14H12O7/c1-6(2-8(17)5-15)14-13(20)12(19)11-9(18)3-7(16)4-10(11)21-14/h2-5,15-18,20H,1H3/b6-2+,8-5-. The van der Waals surface area contributed by atoms with Gasteiger partial charge in [0.25, 0.3) is 0 Å². The Kier molecular flexibility index (Phi) is 3.49. The molecule has 7 heteroatoms. The molecule has 0 spiro atoms. The first kappa shape index (κ1) is 14.3. The van der Waals surface area contributed by atoms with Gasteiger partial charge in [0.2, 0.25) is 11.2 Å². The van der Waals surface area contributed by atoms with Crippen LogP contribution in [0.15, 0.2) is 39.4 Å². The minimum atomic E-state index is -0.885. The fraction of sp³-hybridized carbons (Fsp3) is 0.0714. The van der Waals surface area contributed by atoms with E-state index in [1.54, 1.807) is 0 Å². The van der Waals surface area contributed by atoms with Gasteiger partial charge in [-0.05, 0) is 18.6 Å². The quantitative estimate of drug-likeness (QED) is 0.423. The molecule has 7 nitrogen and oxygen atoms in total. The number of aliphatic hydroxyl groups is 2. The fourth-order valence-corrected chi connectivity index (χ4v) is 1.87. The molecule has 110 valence electrons. The predicted octanol–water partition coefficient (Wildman–Crippen LogP) is 2.27. The molecular formula is C14H12O7. The number of benzene rings is 1. The number of hydrogen-bond acceptors (Lipinski definition) is 7. The Bertz CT molecular complexity index is 827. The van der Waals surface area contributed by atoms with Crippen LogP contribution >= 0.6 is 0 Å². The monoisotopic (exact) mass is 292 g/mol. The van der Waals surface area contributed by atoms with Gasteiger partial charge in [-0.15, -0.1) is 0 Å². The Labute approximate surface area is 117 Å². The maximum atomic E-state index is 12.0. The summed E-state index contributed by atoms with van der Waals surface area (Å²) in [6.07, 6.45) is 1.49. The van der Waals surface area contributed by atoms with Gasteiger partial charge in [-0.3, -0.25) is 4.79 Å². The van der Waals surface area contributed by atoms with Gasteiger partial charge in [0, 0.05) is 12.1 Å². The highest BCUT2D eigenvalue weighted by Crippen LogP contribution is 2.33. The van der Waals surface area contributed by atoms with E-state index in [1.807, 2.05) is 0 Å².